The Hall–Kier alpha value is -3.82. The van der Waals surface area contributed by atoms with Gasteiger partial charge in [0.25, 0.3) is 0 Å². The standard InChI is InChI=1S/C51H97N5O15/c1-15-50(13,37-68-29-28-67-36-49(11,12)33-54-44(62)70-46(3,4)5)32-40(57)52-21-18-17-19-39(43(61)53-22-24-65-26-25-64-23-20-42(59)60)56-41(58)31-48(9,10)35-66-27-30-69-38-51(14,16-2)34-55-45(63)71-47(6,7)8/h39H,15-38H2,1-14H3,(H,52,57)(H,53,61)(H,54,62)(H,55,63)(H,56,58)(H,59,60)/t39-,50?,51?/m1/s1. The monoisotopic (exact) mass is 1020 g/mol. The van der Waals surface area contributed by atoms with E-state index in [1.807, 2.05) is 96.9 Å². The van der Waals surface area contributed by atoms with Crippen molar-refractivity contribution >= 4 is 35.9 Å². The van der Waals surface area contributed by atoms with E-state index in [1.54, 1.807) is 0 Å². The number of carbonyl (C=O) groups excluding carboxylic acids is 5. The average molecular weight is 1020 g/mol. The number of carboxylic acids is 1. The second-order valence-electron chi connectivity index (χ2n) is 22.6. The van der Waals surface area contributed by atoms with Gasteiger partial charge in [-0.25, -0.2) is 9.59 Å². The van der Waals surface area contributed by atoms with Gasteiger partial charge in [-0.2, -0.15) is 0 Å². The highest BCUT2D eigenvalue weighted by atomic mass is 16.6. The Morgan fingerprint density at radius 1 is 0.479 bits per heavy atom. The fourth-order valence-electron chi connectivity index (χ4n) is 6.40. The van der Waals surface area contributed by atoms with Crippen molar-refractivity contribution in [3.63, 3.8) is 0 Å². The van der Waals surface area contributed by atoms with Gasteiger partial charge in [-0.15, -0.1) is 0 Å². The smallest absolute Gasteiger partial charge is 0.407 e. The first kappa shape index (κ1) is 67.2. The first-order valence-corrected chi connectivity index (χ1v) is 25.4. The normalized spacial score (nSPS) is 14.3. The van der Waals surface area contributed by atoms with Crippen molar-refractivity contribution in [2.24, 2.45) is 21.7 Å². The average Bonchev–Trinajstić information content (AvgIpc) is 3.24. The lowest BCUT2D eigenvalue weighted by atomic mass is 9.84. The lowest BCUT2D eigenvalue weighted by molar-refractivity contribution is -0.138. The van der Waals surface area contributed by atoms with Gasteiger partial charge in [0.05, 0.1) is 85.7 Å². The Morgan fingerprint density at radius 2 is 0.958 bits per heavy atom. The molecule has 20 heteroatoms. The second-order valence-corrected chi connectivity index (χ2v) is 22.6. The molecule has 0 aromatic heterocycles. The summed E-state index contributed by atoms with van der Waals surface area (Å²) >= 11 is 0. The molecule has 5 amide bonds. The Bertz CT molecular complexity index is 1550. The molecule has 416 valence electrons. The summed E-state index contributed by atoms with van der Waals surface area (Å²) in [6, 6.07) is -0.829. The molecule has 0 spiro atoms. The molecule has 2 unspecified atom stereocenters. The summed E-state index contributed by atoms with van der Waals surface area (Å²) in [5, 5.41) is 23.1. The third-order valence-corrected chi connectivity index (χ3v) is 11.0. The fraction of sp³-hybridized carbons (Fsp3) is 0.882. The molecule has 0 saturated heterocycles. The van der Waals surface area contributed by atoms with Crippen molar-refractivity contribution in [2.45, 2.75) is 166 Å². The molecule has 0 fully saturated rings. The molecule has 0 aliphatic rings. The van der Waals surface area contributed by atoms with Crippen molar-refractivity contribution < 1.29 is 71.8 Å². The summed E-state index contributed by atoms with van der Waals surface area (Å²) in [6.45, 7) is 31.7. The summed E-state index contributed by atoms with van der Waals surface area (Å²) in [5.74, 6) is -1.72. The van der Waals surface area contributed by atoms with Crippen LogP contribution in [0.3, 0.4) is 0 Å². The molecule has 0 saturated carbocycles. The van der Waals surface area contributed by atoms with Crippen LogP contribution in [0.2, 0.25) is 0 Å². The maximum absolute atomic E-state index is 13.4. The molecule has 0 bridgehead atoms. The number of amides is 5. The minimum absolute atomic E-state index is 0.0821. The number of carboxylic acid groups (broad SMARTS) is 1. The lowest BCUT2D eigenvalue weighted by Gasteiger charge is -2.29. The van der Waals surface area contributed by atoms with Crippen LogP contribution in [0.1, 0.15) is 148 Å². The molecule has 71 heavy (non-hydrogen) atoms. The van der Waals surface area contributed by atoms with E-state index in [0.29, 0.717) is 85.1 Å². The van der Waals surface area contributed by atoms with Gasteiger partial charge >= 0.3 is 18.2 Å². The summed E-state index contributed by atoms with van der Waals surface area (Å²) in [6.07, 6.45) is 2.29. The molecule has 3 atom stereocenters. The maximum atomic E-state index is 13.4. The summed E-state index contributed by atoms with van der Waals surface area (Å²) in [5.41, 5.74) is -2.72. The van der Waals surface area contributed by atoms with Gasteiger partial charge in [0, 0.05) is 49.9 Å². The fourth-order valence-corrected chi connectivity index (χ4v) is 6.40. The van der Waals surface area contributed by atoms with Gasteiger partial charge < -0.3 is 69.6 Å². The third kappa shape index (κ3) is 38.5. The van der Waals surface area contributed by atoms with Gasteiger partial charge in [0.2, 0.25) is 17.7 Å². The highest BCUT2D eigenvalue weighted by Crippen LogP contribution is 2.27. The van der Waals surface area contributed by atoms with Crippen LogP contribution in [0.25, 0.3) is 0 Å². The number of carbonyl (C=O) groups is 6. The summed E-state index contributed by atoms with van der Waals surface area (Å²) in [7, 11) is 0. The number of ether oxygens (including phenoxy) is 8. The van der Waals surface area contributed by atoms with Crippen LogP contribution in [0.5, 0.6) is 0 Å². The Balaban J connectivity index is 5.02. The van der Waals surface area contributed by atoms with Crippen LogP contribution in [-0.4, -0.2) is 164 Å². The van der Waals surface area contributed by atoms with Gasteiger partial charge in [-0.05, 0) is 84.5 Å². The Kier molecular flexibility index (Phi) is 32.7. The van der Waals surface area contributed by atoms with Crippen LogP contribution < -0.4 is 26.6 Å². The van der Waals surface area contributed by atoms with Crippen molar-refractivity contribution in [1.82, 2.24) is 26.6 Å². The van der Waals surface area contributed by atoms with Crippen molar-refractivity contribution in [1.29, 1.82) is 0 Å². The van der Waals surface area contributed by atoms with E-state index < -0.39 is 46.2 Å². The van der Waals surface area contributed by atoms with Crippen LogP contribution in [0.4, 0.5) is 9.59 Å². The highest BCUT2D eigenvalue weighted by molar-refractivity contribution is 5.87. The van der Waals surface area contributed by atoms with E-state index in [4.69, 9.17) is 43.0 Å². The number of hydrogen-bond acceptors (Lipinski definition) is 14. The highest BCUT2D eigenvalue weighted by Gasteiger charge is 2.29. The SMILES string of the molecule is CCC(C)(CNC(=O)OC(C)(C)C)COCCOCC(C)(C)CC(=O)N[C@H](CCCCNC(=O)CC(C)(CC)COCCOCC(C)(C)CNC(=O)OC(C)(C)C)C(=O)NCCOCCOCCC(=O)O. The predicted molar refractivity (Wildman–Crippen MR) is 271 cm³/mol. The van der Waals surface area contributed by atoms with E-state index in [-0.39, 0.29) is 87.4 Å². The van der Waals surface area contributed by atoms with Crippen molar-refractivity contribution in [3.8, 4) is 0 Å². The van der Waals surface area contributed by atoms with Crippen molar-refractivity contribution in [2.75, 3.05) is 105 Å². The van der Waals surface area contributed by atoms with Crippen molar-refractivity contribution in [3.05, 3.63) is 0 Å². The number of alkyl carbamates (subject to hydrolysis) is 2. The van der Waals surface area contributed by atoms with Crippen LogP contribution in [-0.2, 0) is 57.1 Å². The first-order valence-electron chi connectivity index (χ1n) is 25.4. The molecule has 6 N–H and O–H groups in total. The Labute approximate surface area is 425 Å². The van der Waals surface area contributed by atoms with Gasteiger partial charge in [0.1, 0.15) is 17.2 Å². The molecule has 0 aromatic carbocycles. The summed E-state index contributed by atoms with van der Waals surface area (Å²) < 4.78 is 44.9. The van der Waals surface area contributed by atoms with E-state index >= 15 is 0 Å². The maximum Gasteiger partial charge on any atom is 0.407 e. The number of rotatable bonds is 40. The van der Waals surface area contributed by atoms with Gasteiger partial charge in [-0.3, -0.25) is 19.2 Å². The minimum Gasteiger partial charge on any atom is -0.481 e. The molecule has 0 aliphatic heterocycles. The quantitative estimate of drug-likeness (QED) is 0.0376. The third-order valence-electron chi connectivity index (χ3n) is 11.0. The number of nitrogens with one attached hydrogen (secondary N) is 5. The zero-order valence-corrected chi connectivity index (χ0v) is 46.2. The van der Waals surface area contributed by atoms with E-state index in [0.717, 1.165) is 12.8 Å². The molecular weight excluding hydrogens is 923 g/mol. The topological polar surface area (TPSA) is 257 Å². The molecule has 0 aliphatic carbocycles. The Morgan fingerprint density at radius 3 is 1.48 bits per heavy atom. The van der Waals surface area contributed by atoms with Gasteiger partial charge in [0.15, 0.2) is 0 Å². The molecular formula is C51H97N5O15. The number of hydrogen-bond donors (Lipinski definition) is 6. The zero-order valence-electron chi connectivity index (χ0n) is 46.2. The molecule has 20 nitrogen and oxygen atoms in total. The van der Waals surface area contributed by atoms with Gasteiger partial charge in [-0.1, -0.05) is 55.4 Å². The van der Waals surface area contributed by atoms with E-state index in [2.05, 4.69) is 26.6 Å². The number of unbranched alkanes of at least 4 members (excludes halogenated alkanes) is 1. The molecule has 0 radical (unpaired) electrons. The lowest BCUT2D eigenvalue weighted by Crippen LogP contribution is -2.48. The van der Waals surface area contributed by atoms with Crippen LogP contribution in [0, 0.1) is 21.7 Å². The van der Waals surface area contributed by atoms with E-state index in [9.17, 15) is 28.8 Å². The van der Waals surface area contributed by atoms with E-state index in [1.165, 1.54) is 0 Å². The first-order chi connectivity index (χ1) is 32.9. The molecule has 0 rings (SSSR count). The number of aliphatic carboxylic acids is 1. The summed E-state index contributed by atoms with van der Waals surface area (Å²) in [4.78, 5) is 74.6. The largest absolute Gasteiger partial charge is 0.481 e. The predicted octanol–water partition coefficient (Wildman–Crippen LogP) is 6.16. The second kappa shape index (κ2) is 34.6. The molecule has 0 aromatic rings. The van der Waals surface area contributed by atoms with Crippen LogP contribution in [0.15, 0.2) is 0 Å². The minimum atomic E-state index is -0.946. The van der Waals surface area contributed by atoms with Crippen LogP contribution >= 0.6 is 0 Å². The molecule has 0 heterocycles. The zero-order chi connectivity index (χ0) is 54.2.